The minimum Gasteiger partial charge on any atom is -0.451 e. The highest BCUT2D eigenvalue weighted by molar-refractivity contribution is 5.95. The van der Waals surface area contributed by atoms with Crippen molar-refractivity contribution < 1.29 is 14.3 Å². The molecular formula is C13H15N5O3. The molecule has 21 heavy (non-hydrogen) atoms. The summed E-state index contributed by atoms with van der Waals surface area (Å²) < 4.78 is 6.53. The van der Waals surface area contributed by atoms with Gasteiger partial charge in [-0.2, -0.15) is 5.10 Å². The molecule has 2 heterocycles. The molecule has 0 aliphatic heterocycles. The van der Waals surface area contributed by atoms with Gasteiger partial charge in [0.15, 0.2) is 12.3 Å². The van der Waals surface area contributed by atoms with Gasteiger partial charge in [-0.05, 0) is 13.8 Å². The van der Waals surface area contributed by atoms with Crippen LogP contribution in [-0.2, 0) is 16.6 Å². The summed E-state index contributed by atoms with van der Waals surface area (Å²) in [5, 5.41) is 6.85. The van der Waals surface area contributed by atoms with Crippen molar-refractivity contribution in [2.75, 3.05) is 11.9 Å². The number of esters is 1. The van der Waals surface area contributed by atoms with Gasteiger partial charge in [0.2, 0.25) is 0 Å². The molecule has 0 radical (unpaired) electrons. The molecule has 110 valence electrons. The molecule has 1 N–H and O–H groups in total. The van der Waals surface area contributed by atoms with Crippen LogP contribution in [0.3, 0.4) is 0 Å². The van der Waals surface area contributed by atoms with Crippen molar-refractivity contribution in [3.8, 4) is 0 Å². The Morgan fingerprint density at radius 3 is 2.67 bits per heavy atom. The first-order valence-electron chi connectivity index (χ1n) is 6.22. The van der Waals surface area contributed by atoms with Gasteiger partial charge in [-0.25, -0.2) is 9.78 Å². The van der Waals surface area contributed by atoms with Gasteiger partial charge >= 0.3 is 5.97 Å². The largest absolute Gasteiger partial charge is 0.451 e. The van der Waals surface area contributed by atoms with Crippen LogP contribution < -0.4 is 5.32 Å². The quantitative estimate of drug-likeness (QED) is 0.828. The highest BCUT2D eigenvalue weighted by atomic mass is 16.5. The van der Waals surface area contributed by atoms with Gasteiger partial charge < -0.3 is 10.1 Å². The lowest BCUT2D eigenvalue weighted by atomic mass is 10.3. The standard InChI is InChI=1S/C13H15N5O3/c1-8-12(9(2)18(3)17-8)16-11(19)7-21-13(20)10-6-14-4-5-15-10/h4-6H,7H2,1-3H3,(H,16,19). The molecule has 0 unspecified atom stereocenters. The van der Waals surface area contributed by atoms with E-state index in [2.05, 4.69) is 20.4 Å². The molecule has 2 rings (SSSR count). The van der Waals surface area contributed by atoms with Gasteiger partial charge in [-0.15, -0.1) is 0 Å². The smallest absolute Gasteiger partial charge is 0.359 e. The van der Waals surface area contributed by atoms with Crippen molar-refractivity contribution in [3.63, 3.8) is 0 Å². The predicted octanol–water partition coefficient (Wildman–Crippen LogP) is 0.622. The summed E-state index contributed by atoms with van der Waals surface area (Å²) in [4.78, 5) is 31.0. The molecule has 2 aromatic rings. The summed E-state index contributed by atoms with van der Waals surface area (Å²) in [6.07, 6.45) is 4.09. The Balaban J connectivity index is 1.92. The molecule has 0 fully saturated rings. The zero-order valence-corrected chi connectivity index (χ0v) is 12.0. The Morgan fingerprint density at radius 1 is 1.33 bits per heavy atom. The molecular weight excluding hydrogens is 274 g/mol. The summed E-state index contributed by atoms with van der Waals surface area (Å²) in [5.41, 5.74) is 2.20. The van der Waals surface area contributed by atoms with E-state index in [1.807, 2.05) is 6.92 Å². The van der Waals surface area contributed by atoms with Crippen LogP contribution in [0.25, 0.3) is 0 Å². The van der Waals surface area contributed by atoms with Crippen LogP contribution in [0.2, 0.25) is 0 Å². The van der Waals surface area contributed by atoms with Crippen molar-refractivity contribution >= 4 is 17.6 Å². The first-order chi connectivity index (χ1) is 9.99. The second kappa shape index (κ2) is 6.12. The average molecular weight is 289 g/mol. The van der Waals surface area contributed by atoms with E-state index in [1.165, 1.54) is 18.6 Å². The number of nitrogens with one attached hydrogen (secondary N) is 1. The maximum Gasteiger partial charge on any atom is 0.359 e. The van der Waals surface area contributed by atoms with Crippen molar-refractivity contribution in [2.45, 2.75) is 13.8 Å². The summed E-state index contributed by atoms with van der Waals surface area (Å²) >= 11 is 0. The second-order valence-electron chi connectivity index (χ2n) is 4.38. The number of aromatic nitrogens is 4. The normalized spacial score (nSPS) is 10.2. The van der Waals surface area contributed by atoms with E-state index in [0.717, 1.165) is 5.69 Å². The predicted molar refractivity (Wildman–Crippen MR) is 73.6 cm³/mol. The fraction of sp³-hybridized carbons (Fsp3) is 0.308. The molecule has 0 bridgehead atoms. The topological polar surface area (TPSA) is 99.0 Å². The van der Waals surface area contributed by atoms with Gasteiger partial charge in [-0.3, -0.25) is 14.5 Å². The lowest BCUT2D eigenvalue weighted by Gasteiger charge is -2.06. The Hall–Kier alpha value is -2.77. The fourth-order valence-corrected chi connectivity index (χ4v) is 1.74. The van der Waals surface area contributed by atoms with Gasteiger partial charge in [0, 0.05) is 19.4 Å². The van der Waals surface area contributed by atoms with Crippen molar-refractivity contribution in [3.05, 3.63) is 35.7 Å². The number of ether oxygens (including phenoxy) is 1. The third-order valence-corrected chi connectivity index (χ3v) is 2.88. The summed E-state index contributed by atoms with van der Waals surface area (Å²) in [6, 6.07) is 0. The monoisotopic (exact) mass is 289 g/mol. The van der Waals surface area contributed by atoms with Gasteiger partial charge in [0.05, 0.1) is 23.3 Å². The average Bonchev–Trinajstić information content (AvgIpc) is 2.72. The first-order valence-corrected chi connectivity index (χ1v) is 6.22. The van der Waals surface area contributed by atoms with E-state index in [-0.39, 0.29) is 5.69 Å². The van der Waals surface area contributed by atoms with Crippen LogP contribution in [-0.4, -0.2) is 38.2 Å². The Labute approximate surface area is 121 Å². The molecule has 0 atom stereocenters. The molecule has 1 amide bonds. The molecule has 8 nitrogen and oxygen atoms in total. The molecule has 0 aliphatic carbocycles. The molecule has 0 aliphatic rings. The van der Waals surface area contributed by atoms with Crippen LogP contribution >= 0.6 is 0 Å². The summed E-state index contributed by atoms with van der Waals surface area (Å²) in [6.45, 7) is 3.22. The van der Waals surface area contributed by atoms with E-state index in [1.54, 1.807) is 18.7 Å². The van der Waals surface area contributed by atoms with Gasteiger partial charge in [0.25, 0.3) is 5.91 Å². The number of carbonyl (C=O) groups is 2. The minimum absolute atomic E-state index is 0.0547. The van der Waals surface area contributed by atoms with E-state index in [4.69, 9.17) is 4.74 Å². The first kappa shape index (κ1) is 14.6. The molecule has 0 saturated heterocycles. The molecule has 0 aromatic carbocycles. The minimum atomic E-state index is -0.696. The highest BCUT2D eigenvalue weighted by Gasteiger charge is 2.15. The van der Waals surface area contributed by atoms with Crippen LogP contribution in [0.15, 0.2) is 18.6 Å². The van der Waals surface area contributed by atoms with Gasteiger partial charge in [0.1, 0.15) is 0 Å². The zero-order valence-electron chi connectivity index (χ0n) is 12.0. The molecule has 0 saturated carbocycles. The lowest BCUT2D eigenvalue weighted by molar-refractivity contribution is -0.119. The fourth-order valence-electron chi connectivity index (χ4n) is 1.74. The third-order valence-electron chi connectivity index (χ3n) is 2.88. The SMILES string of the molecule is Cc1nn(C)c(C)c1NC(=O)COC(=O)c1cnccn1. The van der Waals surface area contributed by atoms with Gasteiger partial charge in [-0.1, -0.05) is 0 Å². The number of nitrogens with zero attached hydrogens (tertiary/aromatic N) is 4. The molecule has 2 aromatic heterocycles. The number of amides is 1. The number of rotatable bonds is 4. The van der Waals surface area contributed by atoms with Crippen molar-refractivity contribution in [1.82, 2.24) is 19.7 Å². The van der Waals surface area contributed by atoms with E-state index >= 15 is 0 Å². The molecule has 0 spiro atoms. The van der Waals surface area contributed by atoms with E-state index in [9.17, 15) is 9.59 Å². The molecule has 8 heteroatoms. The van der Waals surface area contributed by atoms with E-state index in [0.29, 0.717) is 11.4 Å². The number of carbonyl (C=O) groups excluding carboxylic acids is 2. The van der Waals surface area contributed by atoms with E-state index < -0.39 is 18.5 Å². The second-order valence-corrected chi connectivity index (χ2v) is 4.38. The Bertz CT molecular complexity index is 666. The van der Waals surface area contributed by atoms with Crippen molar-refractivity contribution in [2.24, 2.45) is 7.05 Å². The Morgan fingerprint density at radius 2 is 2.10 bits per heavy atom. The zero-order chi connectivity index (χ0) is 15.4. The number of aryl methyl sites for hydroxylation is 2. The van der Waals surface area contributed by atoms with Crippen LogP contribution in [0.4, 0.5) is 5.69 Å². The summed E-state index contributed by atoms with van der Waals surface area (Å²) in [7, 11) is 1.78. The maximum absolute atomic E-state index is 11.8. The third kappa shape index (κ3) is 3.41. The Kier molecular flexibility index (Phi) is 4.27. The van der Waals surface area contributed by atoms with Crippen LogP contribution in [0.1, 0.15) is 21.9 Å². The number of anilines is 1. The number of hydrogen-bond acceptors (Lipinski definition) is 6. The van der Waals surface area contributed by atoms with Crippen LogP contribution in [0, 0.1) is 13.8 Å². The maximum atomic E-state index is 11.8. The summed E-state index contributed by atoms with van der Waals surface area (Å²) in [5.74, 6) is -1.13. The van der Waals surface area contributed by atoms with Crippen LogP contribution in [0.5, 0.6) is 0 Å². The lowest BCUT2D eigenvalue weighted by Crippen LogP contribution is -2.22. The number of hydrogen-bond donors (Lipinski definition) is 1. The highest BCUT2D eigenvalue weighted by Crippen LogP contribution is 2.17. The van der Waals surface area contributed by atoms with Crippen molar-refractivity contribution in [1.29, 1.82) is 0 Å².